The molecule has 1 aromatic carbocycles. The van der Waals surface area contributed by atoms with Crippen LogP contribution in [0, 0.1) is 13.8 Å². The third-order valence-corrected chi connectivity index (χ3v) is 3.23. The summed E-state index contributed by atoms with van der Waals surface area (Å²) < 4.78 is 5.79. The number of anilines is 1. The summed E-state index contributed by atoms with van der Waals surface area (Å²) in [6.07, 6.45) is 3.42. The molecule has 0 spiro atoms. The van der Waals surface area contributed by atoms with Crippen molar-refractivity contribution in [3.8, 4) is 5.75 Å². The van der Waals surface area contributed by atoms with Crippen LogP contribution in [0.1, 0.15) is 24.5 Å². The summed E-state index contributed by atoms with van der Waals surface area (Å²) >= 11 is 0. The fraction of sp³-hybridized carbons (Fsp3) is 0.294. The minimum Gasteiger partial charge on any atom is -0.481 e. The van der Waals surface area contributed by atoms with Gasteiger partial charge in [0.2, 0.25) is 0 Å². The number of hydrogen-bond acceptors (Lipinski definition) is 3. The molecule has 0 aliphatic carbocycles. The number of carbonyl (C=O) groups is 1. The van der Waals surface area contributed by atoms with Gasteiger partial charge in [-0.2, -0.15) is 0 Å². The molecule has 0 aliphatic heterocycles. The Morgan fingerprint density at radius 1 is 1.33 bits per heavy atom. The van der Waals surface area contributed by atoms with Crippen LogP contribution in [0.3, 0.4) is 0 Å². The first-order valence-electron chi connectivity index (χ1n) is 7.05. The van der Waals surface area contributed by atoms with E-state index < -0.39 is 6.10 Å². The standard InChI is InChI=1S/C17H20N2O2/c1-4-16(21-14-7-5-6-12(2)10-14)17(20)19-15-11-18-9-8-13(15)3/h5-11,16H,4H2,1-3H3,(H,19,20)/t16-/m0/s1. The normalized spacial score (nSPS) is 11.8. The first-order chi connectivity index (χ1) is 10.1. The van der Waals surface area contributed by atoms with Crippen LogP contribution in [0.2, 0.25) is 0 Å². The molecular weight excluding hydrogens is 264 g/mol. The summed E-state index contributed by atoms with van der Waals surface area (Å²) in [6.45, 7) is 5.85. The summed E-state index contributed by atoms with van der Waals surface area (Å²) in [4.78, 5) is 16.3. The van der Waals surface area contributed by atoms with Crippen LogP contribution < -0.4 is 10.1 Å². The number of nitrogens with one attached hydrogen (secondary N) is 1. The number of aromatic nitrogens is 1. The van der Waals surface area contributed by atoms with Crippen LogP contribution in [0.25, 0.3) is 0 Å². The van der Waals surface area contributed by atoms with Gasteiger partial charge in [-0.3, -0.25) is 9.78 Å². The highest BCUT2D eigenvalue weighted by Crippen LogP contribution is 2.17. The Kier molecular flexibility index (Phi) is 4.93. The number of hydrogen-bond donors (Lipinski definition) is 1. The molecular formula is C17H20N2O2. The lowest BCUT2D eigenvalue weighted by atomic mass is 10.2. The van der Waals surface area contributed by atoms with Crippen molar-refractivity contribution in [3.63, 3.8) is 0 Å². The summed E-state index contributed by atoms with van der Waals surface area (Å²) in [7, 11) is 0. The topological polar surface area (TPSA) is 51.2 Å². The maximum absolute atomic E-state index is 12.3. The molecule has 1 heterocycles. The van der Waals surface area contributed by atoms with Crippen LogP contribution >= 0.6 is 0 Å². The molecule has 4 nitrogen and oxygen atoms in total. The monoisotopic (exact) mass is 284 g/mol. The van der Waals surface area contributed by atoms with Gasteiger partial charge in [0.05, 0.1) is 11.9 Å². The smallest absolute Gasteiger partial charge is 0.265 e. The van der Waals surface area contributed by atoms with Gasteiger partial charge >= 0.3 is 0 Å². The van der Waals surface area contributed by atoms with E-state index in [0.29, 0.717) is 17.9 Å². The number of ether oxygens (including phenoxy) is 1. The number of rotatable bonds is 5. The molecule has 2 aromatic rings. The molecule has 1 amide bonds. The first kappa shape index (κ1) is 15.0. The molecule has 0 aliphatic rings. The molecule has 0 saturated heterocycles. The van der Waals surface area contributed by atoms with E-state index in [1.165, 1.54) is 0 Å². The van der Waals surface area contributed by atoms with E-state index in [0.717, 1.165) is 11.1 Å². The van der Waals surface area contributed by atoms with Crippen molar-refractivity contribution in [3.05, 3.63) is 53.9 Å². The van der Waals surface area contributed by atoms with Gasteiger partial charge in [-0.05, 0) is 49.6 Å². The molecule has 2 rings (SSSR count). The van der Waals surface area contributed by atoms with E-state index in [2.05, 4.69) is 10.3 Å². The minimum absolute atomic E-state index is 0.157. The van der Waals surface area contributed by atoms with Gasteiger partial charge in [-0.15, -0.1) is 0 Å². The first-order valence-corrected chi connectivity index (χ1v) is 7.05. The average Bonchev–Trinajstić information content (AvgIpc) is 2.47. The Morgan fingerprint density at radius 3 is 2.81 bits per heavy atom. The third kappa shape index (κ3) is 4.05. The molecule has 0 saturated carbocycles. The van der Waals surface area contributed by atoms with Crippen molar-refractivity contribution in [2.75, 3.05) is 5.32 Å². The summed E-state index contributed by atoms with van der Waals surface area (Å²) in [5.41, 5.74) is 2.79. The average molecular weight is 284 g/mol. The van der Waals surface area contributed by atoms with E-state index >= 15 is 0 Å². The van der Waals surface area contributed by atoms with E-state index in [1.807, 2.05) is 51.1 Å². The van der Waals surface area contributed by atoms with Gasteiger partial charge in [-0.25, -0.2) is 0 Å². The SMILES string of the molecule is CC[C@H](Oc1cccc(C)c1)C(=O)Nc1cnccc1C. The maximum atomic E-state index is 12.3. The quantitative estimate of drug-likeness (QED) is 0.914. The summed E-state index contributed by atoms with van der Waals surface area (Å²) in [5, 5.41) is 2.87. The highest BCUT2D eigenvalue weighted by molar-refractivity contribution is 5.94. The number of amides is 1. The minimum atomic E-state index is -0.522. The molecule has 0 bridgehead atoms. The van der Waals surface area contributed by atoms with Crippen LogP contribution in [0.4, 0.5) is 5.69 Å². The molecule has 1 aromatic heterocycles. The number of benzene rings is 1. The van der Waals surface area contributed by atoms with Gasteiger partial charge in [0.1, 0.15) is 5.75 Å². The molecule has 0 radical (unpaired) electrons. The van der Waals surface area contributed by atoms with Crippen molar-refractivity contribution in [2.24, 2.45) is 0 Å². The number of nitrogens with zero attached hydrogens (tertiary/aromatic N) is 1. The van der Waals surface area contributed by atoms with E-state index in [1.54, 1.807) is 12.4 Å². The van der Waals surface area contributed by atoms with Gasteiger partial charge in [0.15, 0.2) is 6.10 Å². The number of pyridine rings is 1. The zero-order valence-electron chi connectivity index (χ0n) is 12.6. The van der Waals surface area contributed by atoms with Crippen molar-refractivity contribution >= 4 is 11.6 Å². The van der Waals surface area contributed by atoms with Crippen LogP contribution in [0.15, 0.2) is 42.7 Å². The van der Waals surface area contributed by atoms with Crippen molar-refractivity contribution in [1.82, 2.24) is 4.98 Å². The lowest BCUT2D eigenvalue weighted by molar-refractivity contribution is -0.122. The van der Waals surface area contributed by atoms with Gasteiger partial charge in [-0.1, -0.05) is 19.1 Å². The van der Waals surface area contributed by atoms with Gasteiger partial charge in [0, 0.05) is 6.20 Å². The second kappa shape index (κ2) is 6.88. The lowest BCUT2D eigenvalue weighted by Crippen LogP contribution is -2.32. The van der Waals surface area contributed by atoms with Crippen LogP contribution in [-0.2, 0) is 4.79 Å². The zero-order chi connectivity index (χ0) is 15.2. The third-order valence-electron chi connectivity index (χ3n) is 3.23. The van der Waals surface area contributed by atoms with Crippen molar-refractivity contribution in [1.29, 1.82) is 0 Å². The second-order valence-corrected chi connectivity index (χ2v) is 5.01. The van der Waals surface area contributed by atoms with Gasteiger partial charge < -0.3 is 10.1 Å². The number of carbonyl (C=O) groups excluding carboxylic acids is 1. The van der Waals surface area contributed by atoms with Crippen LogP contribution in [0.5, 0.6) is 5.75 Å². The molecule has 0 fully saturated rings. The molecule has 110 valence electrons. The molecule has 0 unspecified atom stereocenters. The predicted molar refractivity (Wildman–Crippen MR) is 83.5 cm³/mol. The molecule has 4 heteroatoms. The molecule has 1 N–H and O–H groups in total. The Morgan fingerprint density at radius 2 is 2.14 bits per heavy atom. The maximum Gasteiger partial charge on any atom is 0.265 e. The summed E-state index contributed by atoms with van der Waals surface area (Å²) in [6, 6.07) is 9.55. The Bertz CT molecular complexity index is 626. The van der Waals surface area contributed by atoms with Gasteiger partial charge in [0.25, 0.3) is 5.91 Å². The predicted octanol–water partition coefficient (Wildman–Crippen LogP) is 3.49. The highest BCUT2D eigenvalue weighted by atomic mass is 16.5. The molecule has 21 heavy (non-hydrogen) atoms. The largest absolute Gasteiger partial charge is 0.481 e. The number of aryl methyl sites for hydroxylation is 2. The fourth-order valence-electron chi connectivity index (χ4n) is 1.98. The lowest BCUT2D eigenvalue weighted by Gasteiger charge is -2.18. The fourth-order valence-corrected chi connectivity index (χ4v) is 1.98. The zero-order valence-corrected chi connectivity index (χ0v) is 12.6. The summed E-state index contributed by atoms with van der Waals surface area (Å²) in [5.74, 6) is 0.551. The highest BCUT2D eigenvalue weighted by Gasteiger charge is 2.19. The van der Waals surface area contributed by atoms with E-state index in [-0.39, 0.29) is 5.91 Å². The second-order valence-electron chi connectivity index (χ2n) is 5.01. The Hall–Kier alpha value is -2.36. The van der Waals surface area contributed by atoms with Crippen molar-refractivity contribution in [2.45, 2.75) is 33.3 Å². The Balaban J connectivity index is 2.07. The Labute approximate surface area is 125 Å². The van der Waals surface area contributed by atoms with Crippen molar-refractivity contribution < 1.29 is 9.53 Å². The van der Waals surface area contributed by atoms with E-state index in [4.69, 9.17) is 4.74 Å². The van der Waals surface area contributed by atoms with Crippen LogP contribution in [-0.4, -0.2) is 17.0 Å². The molecule has 1 atom stereocenters. The van der Waals surface area contributed by atoms with E-state index in [9.17, 15) is 4.79 Å².